The molecule has 0 unspecified atom stereocenters. The van der Waals surface area contributed by atoms with Gasteiger partial charge in [0, 0.05) is 55.8 Å². The Morgan fingerprint density at radius 2 is 1.81 bits per heavy atom. The molecule has 0 radical (unpaired) electrons. The molecule has 2 aliphatic rings. The lowest BCUT2D eigenvalue weighted by Crippen LogP contribution is -2.29. The van der Waals surface area contributed by atoms with Crippen LogP contribution in [0, 0.1) is 5.92 Å². The Morgan fingerprint density at radius 1 is 1.00 bits per heavy atom. The molecule has 3 aromatic rings. The van der Waals surface area contributed by atoms with Crippen LogP contribution in [0.5, 0.6) is 0 Å². The van der Waals surface area contributed by atoms with Crippen LogP contribution in [0.4, 0.5) is 0 Å². The van der Waals surface area contributed by atoms with Crippen LogP contribution in [-0.4, -0.2) is 44.0 Å². The average molecular weight is 432 g/mol. The molecule has 4 heterocycles. The van der Waals surface area contributed by atoms with Crippen molar-refractivity contribution >= 4 is 5.91 Å². The number of aromatic nitrogens is 4. The molecule has 166 valence electrons. The Hall–Kier alpha value is -3.09. The summed E-state index contributed by atoms with van der Waals surface area (Å²) in [5.41, 5.74) is 1.97. The van der Waals surface area contributed by atoms with E-state index in [2.05, 4.69) is 26.2 Å². The molecule has 0 spiro atoms. The molecule has 2 fully saturated rings. The van der Waals surface area contributed by atoms with Crippen molar-refractivity contribution in [3.63, 3.8) is 0 Å². The number of rotatable bonds is 6. The van der Waals surface area contributed by atoms with Crippen molar-refractivity contribution in [1.29, 1.82) is 0 Å². The summed E-state index contributed by atoms with van der Waals surface area (Å²) in [7, 11) is 0. The molecule has 0 aromatic carbocycles. The van der Waals surface area contributed by atoms with Gasteiger partial charge >= 0.3 is 0 Å². The van der Waals surface area contributed by atoms with Crippen LogP contribution in [0.15, 0.2) is 53.6 Å². The van der Waals surface area contributed by atoms with E-state index < -0.39 is 0 Å². The summed E-state index contributed by atoms with van der Waals surface area (Å²) in [5.74, 6) is 2.12. The maximum atomic E-state index is 13.1. The predicted molar refractivity (Wildman–Crippen MR) is 120 cm³/mol. The molecule has 1 aliphatic carbocycles. The first-order valence-electron chi connectivity index (χ1n) is 11.7. The van der Waals surface area contributed by atoms with Gasteiger partial charge in [0.15, 0.2) is 0 Å². The van der Waals surface area contributed by atoms with Gasteiger partial charge < -0.3 is 9.42 Å². The quantitative estimate of drug-likeness (QED) is 0.567. The zero-order valence-electron chi connectivity index (χ0n) is 18.3. The zero-order valence-corrected chi connectivity index (χ0v) is 18.3. The van der Waals surface area contributed by atoms with E-state index >= 15 is 0 Å². The fourth-order valence-corrected chi connectivity index (χ4v) is 5.16. The highest BCUT2D eigenvalue weighted by atomic mass is 16.5. The molecule has 1 saturated heterocycles. The number of carbonyl (C=O) groups excluding carboxylic acids is 1. The van der Waals surface area contributed by atoms with E-state index in [0.29, 0.717) is 37.1 Å². The summed E-state index contributed by atoms with van der Waals surface area (Å²) in [4.78, 5) is 28.1. The minimum atomic E-state index is -0.0408. The third-order valence-corrected chi connectivity index (χ3v) is 6.97. The Kier molecular flexibility index (Phi) is 6.23. The second kappa shape index (κ2) is 9.59. The molecular formula is C25H29N5O2. The molecular weight excluding hydrogens is 402 g/mol. The van der Waals surface area contributed by atoms with E-state index in [1.807, 2.05) is 29.3 Å². The first-order valence-corrected chi connectivity index (χ1v) is 11.7. The van der Waals surface area contributed by atoms with E-state index in [9.17, 15) is 4.79 Å². The maximum absolute atomic E-state index is 13.1. The number of carbonyl (C=O) groups is 1. The van der Waals surface area contributed by atoms with Crippen molar-refractivity contribution < 1.29 is 9.32 Å². The molecule has 3 aromatic heterocycles. The normalized spacial score (nSPS) is 21.7. The third-order valence-electron chi connectivity index (χ3n) is 6.97. The zero-order chi connectivity index (χ0) is 21.8. The van der Waals surface area contributed by atoms with E-state index in [4.69, 9.17) is 4.52 Å². The minimum absolute atomic E-state index is 0.0408. The van der Waals surface area contributed by atoms with Crippen LogP contribution >= 0.6 is 0 Å². The third kappa shape index (κ3) is 4.56. The first-order chi connectivity index (χ1) is 15.8. The van der Waals surface area contributed by atoms with Gasteiger partial charge in [-0.15, -0.1) is 0 Å². The van der Waals surface area contributed by atoms with E-state index in [1.54, 1.807) is 18.6 Å². The van der Waals surface area contributed by atoms with Crippen molar-refractivity contribution in [2.45, 2.75) is 56.8 Å². The molecule has 7 heteroatoms. The lowest BCUT2D eigenvalue weighted by Gasteiger charge is -2.22. The molecule has 32 heavy (non-hydrogen) atoms. The van der Waals surface area contributed by atoms with Crippen LogP contribution in [0.2, 0.25) is 0 Å². The number of pyridine rings is 2. The summed E-state index contributed by atoms with van der Waals surface area (Å²) in [6, 6.07) is 7.74. The lowest BCUT2D eigenvalue weighted by atomic mass is 9.86. The van der Waals surface area contributed by atoms with Gasteiger partial charge in [-0.2, -0.15) is 4.98 Å². The summed E-state index contributed by atoms with van der Waals surface area (Å²) < 4.78 is 5.70. The number of hydrogen-bond donors (Lipinski definition) is 0. The number of nitrogens with zero attached hydrogens (tertiary/aromatic N) is 5. The summed E-state index contributed by atoms with van der Waals surface area (Å²) in [6.45, 7) is 1.26. The molecule has 1 saturated carbocycles. The van der Waals surface area contributed by atoms with Crippen molar-refractivity contribution in [2.75, 3.05) is 13.1 Å². The highest BCUT2D eigenvalue weighted by Crippen LogP contribution is 2.40. The minimum Gasteiger partial charge on any atom is -0.341 e. The van der Waals surface area contributed by atoms with E-state index in [0.717, 1.165) is 17.5 Å². The highest BCUT2D eigenvalue weighted by molar-refractivity contribution is 5.76. The maximum Gasteiger partial charge on any atom is 0.232 e. The van der Waals surface area contributed by atoms with E-state index in [-0.39, 0.29) is 17.7 Å². The van der Waals surface area contributed by atoms with Gasteiger partial charge in [0.1, 0.15) is 0 Å². The summed E-state index contributed by atoms with van der Waals surface area (Å²) >= 11 is 0. The second-order valence-electron chi connectivity index (χ2n) is 9.03. The summed E-state index contributed by atoms with van der Waals surface area (Å²) in [6.07, 6.45) is 15.2. The molecule has 1 amide bonds. The van der Waals surface area contributed by atoms with Gasteiger partial charge in [0.2, 0.25) is 17.6 Å². The molecule has 7 nitrogen and oxygen atoms in total. The van der Waals surface area contributed by atoms with Crippen LogP contribution in [0.3, 0.4) is 0 Å². The molecule has 0 bridgehead atoms. The van der Waals surface area contributed by atoms with E-state index in [1.165, 1.54) is 32.1 Å². The first kappa shape index (κ1) is 20.8. The van der Waals surface area contributed by atoms with Crippen molar-refractivity contribution in [3.8, 4) is 11.4 Å². The Morgan fingerprint density at radius 3 is 2.59 bits per heavy atom. The van der Waals surface area contributed by atoms with Gasteiger partial charge in [-0.1, -0.05) is 43.3 Å². The SMILES string of the molecule is O=C(CCC1CCCCC1)N1C[C@@H](c2cccnc2)[C@H](c2nc(-c3ccncc3)no2)C1. The topological polar surface area (TPSA) is 85.0 Å². The van der Waals surface area contributed by atoms with Crippen LogP contribution in [0.25, 0.3) is 11.4 Å². The fourth-order valence-electron chi connectivity index (χ4n) is 5.16. The average Bonchev–Trinajstić information content (AvgIpc) is 3.52. The monoisotopic (exact) mass is 431 g/mol. The van der Waals surface area contributed by atoms with Crippen molar-refractivity contribution in [2.24, 2.45) is 5.92 Å². The molecule has 2 atom stereocenters. The Labute approximate surface area is 188 Å². The van der Waals surface area contributed by atoms with Gasteiger partial charge in [0.05, 0.1) is 5.92 Å². The van der Waals surface area contributed by atoms with Crippen LogP contribution < -0.4 is 0 Å². The smallest absolute Gasteiger partial charge is 0.232 e. The fraction of sp³-hybridized carbons (Fsp3) is 0.480. The highest BCUT2D eigenvalue weighted by Gasteiger charge is 2.40. The van der Waals surface area contributed by atoms with Gasteiger partial charge in [-0.3, -0.25) is 14.8 Å². The van der Waals surface area contributed by atoms with Crippen LogP contribution in [0.1, 0.15) is 68.2 Å². The number of likely N-dealkylation sites (tertiary alicyclic amines) is 1. The van der Waals surface area contributed by atoms with Crippen molar-refractivity contribution in [3.05, 3.63) is 60.5 Å². The second-order valence-corrected chi connectivity index (χ2v) is 9.03. The summed E-state index contributed by atoms with van der Waals surface area (Å²) in [5, 5.41) is 4.19. The number of hydrogen-bond acceptors (Lipinski definition) is 6. The molecule has 5 rings (SSSR count). The molecule has 0 N–H and O–H groups in total. The predicted octanol–water partition coefficient (Wildman–Crippen LogP) is 4.60. The Bertz CT molecular complexity index is 1020. The largest absolute Gasteiger partial charge is 0.341 e. The van der Waals surface area contributed by atoms with Gasteiger partial charge in [-0.05, 0) is 36.1 Å². The molecule has 1 aliphatic heterocycles. The van der Waals surface area contributed by atoms with Gasteiger partial charge in [0.25, 0.3) is 0 Å². The lowest BCUT2D eigenvalue weighted by molar-refractivity contribution is -0.130. The Balaban J connectivity index is 1.33. The van der Waals surface area contributed by atoms with Crippen LogP contribution in [-0.2, 0) is 4.79 Å². The number of amides is 1. The standard InChI is InChI=1S/C25H29N5O2/c31-23(9-8-18-5-2-1-3-6-18)30-16-21(20-7-4-12-27-15-20)22(17-30)25-28-24(29-32-25)19-10-13-26-14-11-19/h4,7,10-15,18,21-22H,1-3,5-6,8-9,16-17H2/t21-,22+/m0/s1. The van der Waals surface area contributed by atoms with Gasteiger partial charge in [-0.25, -0.2) is 0 Å². The van der Waals surface area contributed by atoms with Crippen molar-refractivity contribution in [1.82, 2.24) is 25.0 Å².